The average molecular weight is 454 g/mol. The van der Waals surface area contributed by atoms with Crippen molar-refractivity contribution < 1.29 is 13.2 Å². The van der Waals surface area contributed by atoms with E-state index in [2.05, 4.69) is 15.6 Å². The Hall–Kier alpha value is -3.04. The molecule has 1 saturated heterocycles. The Labute approximate surface area is 188 Å². The van der Waals surface area contributed by atoms with Crippen LogP contribution >= 0.6 is 0 Å². The fraction of sp³-hybridized carbons (Fsp3) is 0.348. The molecule has 1 aliphatic heterocycles. The normalized spacial score (nSPS) is 15.2. The number of nitrogens with one attached hydrogen (secondary N) is 1. The smallest absolute Gasteiger partial charge is 0.243 e. The topological polar surface area (TPSA) is 97.2 Å². The molecule has 1 N–H and O–H groups in total. The maximum Gasteiger partial charge on any atom is 0.243 e. The number of rotatable bonds is 7. The third kappa shape index (κ3) is 5.23. The number of amides is 1. The van der Waals surface area contributed by atoms with Crippen LogP contribution in [0.15, 0.2) is 65.8 Å². The highest BCUT2D eigenvalue weighted by molar-refractivity contribution is 7.89. The van der Waals surface area contributed by atoms with E-state index in [0.29, 0.717) is 30.1 Å². The van der Waals surface area contributed by atoms with Crippen LogP contribution in [0.2, 0.25) is 0 Å². The first-order valence-electron chi connectivity index (χ1n) is 10.9. The van der Waals surface area contributed by atoms with Gasteiger partial charge in [0.1, 0.15) is 0 Å². The van der Waals surface area contributed by atoms with Crippen LogP contribution in [0, 0.1) is 0 Å². The molecule has 0 unspecified atom stereocenters. The fourth-order valence-electron chi connectivity index (χ4n) is 3.85. The number of hydrogen-bond acceptors (Lipinski definition) is 5. The minimum absolute atomic E-state index is 0.126. The molecule has 1 aliphatic rings. The summed E-state index contributed by atoms with van der Waals surface area (Å²) in [6.45, 7) is 1.17. The maximum atomic E-state index is 12.9. The van der Waals surface area contributed by atoms with E-state index in [0.717, 1.165) is 36.9 Å². The zero-order chi connectivity index (χ0) is 22.4. The van der Waals surface area contributed by atoms with Gasteiger partial charge in [0, 0.05) is 19.5 Å². The number of carbonyl (C=O) groups excluding carboxylic acids is 1. The van der Waals surface area contributed by atoms with Crippen LogP contribution in [-0.4, -0.2) is 46.7 Å². The van der Waals surface area contributed by atoms with E-state index >= 15 is 0 Å². The monoisotopic (exact) mass is 453 g/mol. The van der Waals surface area contributed by atoms with Gasteiger partial charge < -0.3 is 5.32 Å². The standard InChI is InChI=1S/C23H27N5O3S/c29-23(25-21-7-3-4-8-22(21)28-18-15-24-26-28)14-11-19-9-12-20(13-10-19)32(30,31)27-16-5-1-2-6-17-27/h3-4,7-10,12-13,15,18H,1-2,5-6,11,14,16-17H2,(H,25,29). The summed E-state index contributed by atoms with van der Waals surface area (Å²) in [5.74, 6) is -0.126. The van der Waals surface area contributed by atoms with Crippen molar-refractivity contribution in [2.75, 3.05) is 18.4 Å². The number of aromatic nitrogens is 3. The molecule has 2 heterocycles. The van der Waals surface area contributed by atoms with Gasteiger partial charge in [-0.3, -0.25) is 4.79 Å². The van der Waals surface area contributed by atoms with Crippen molar-refractivity contribution >= 4 is 21.6 Å². The van der Waals surface area contributed by atoms with Crippen LogP contribution in [0.4, 0.5) is 5.69 Å². The van der Waals surface area contributed by atoms with E-state index in [9.17, 15) is 13.2 Å². The Morgan fingerprint density at radius 3 is 2.38 bits per heavy atom. The number of nitrogens with zero attached hydrogens (tertiary/aromatic N) is 4. The molecular weight excluding hydrogens is 426 g/mol. The van der Waals surface area contributed by atoms with Gasteiger partial charge in [0.15, 0.2) is 0 Å². The number of carbonyl (C=O) groups is 1. The van der Waals surface area contributed by atoms with E-state index in [1.54, 1.807) is 45.6 Å². The molecule has 0 bridgehead atoms. The van der Waals surface area contributed by atoms with Gasteiger partial charge in [0.05, 0.1) is 28.7 Å². The molecule has 9 heteroatoms. The third-order valence-corrected chi connectivity index (χ3v) is 7.53. The number of hydrogen-bond donors (Lipinski definition) is 1. The summed E-state index contributed by atoms with van der Waals surface area (Å²) in [6, 6.07) is 14.3. The molecule has 4 rings (SSSR count). The fourth-order valence-corrected chi connectivity index (χ4v) is 5.36. The van der Waals surface area contributed by atoms with Gasteiger partial charge in [-0.25, -0.2) is 13.1 Å². The van der Waals surface area contributed by atoms with Crippen molar-refractivity contribution in [3.05, 3.63) is 66.5 Å². The van der Waals surface area contributed by atoms with Crippen molar-refractivity contribution in [1.29, 1.82) is 0 Å². The van der Waals surface area contributed by atoms with Crippen molar-refractivity contribution in [3.63, 3.8) is 0 Å². The largest absolute Gasteiger partial charge is 0.324 e. The number of benzene rings is 2. The van der Waals surface area contributed by atoms with Gasteiger partial charge in [-0.15, -0.1) is 5.10 Å². The Morgan fingerprint density at radius 1 is 0.969 bits per heavy atom. The molecule has 3 aromatic rings. The Morgan fingerprint density at radius 2 is 1.69 bits per heavy atom. The van der Waals surface area contributed by atoms with Crippen molar-refractivity contribution in [3.8, 4) is 5.69 Å². The molecular formula is C23H27N5O3S. The minimum Gasteiger partial charge on any atom is -0.324 e. The lowest BCUT2D eigenvalue weighted by Gasteiger charge is -2.20. The van der Waals surface area contributed by atoms with E-state index < -0.39 is 10.0 Å². The zero-order valence-electron chi connectivity index (χ0n) is 17.9. The van der Waals surface area contributed by atoms with Gasteiger partial charge >= 0.3 is 0 Å². The number of para-hydroxylation sites is 2. The highest BCUT2D eigenvalue weighted by atomic mass is 32.2. The summed E-state index contributed by atoms with van der Waals surface area (Å²) in [6.07, 6.45) is 8.07. The maximum absolute atomic E-state index is 12.9. The molecule has 0 spiro atoms. The summed E-state index contributed by atoms with van der Waals surface area (Å²) in [5, 5.41) is 10.7. The second-order valence-electron chi connectivity index (χ2n) is 7.88. The van der Waals surface area contributed by atoms with E-state index in [1.165, 1.54) is 0 Å². The van der Waals surface area contributed by atoms with Crippen LogP contribution in [0.5, 0.6) is 0 Å². The highest BCUT2D eigenvalue weighted by Gasteiger charge is 2.24. The van der Waals surface area contributed by atoms with Gasteiger partial charge in [-0.05, 0) is 49.1 Å². The Kier molecular flexibility index (Phi) is 6.96. The lowest BCUT2D eigenvalue weighted by Crippen LogP contribution is -2.31. The predicted molar refractivity (Wildman–Crippen MR) is 122 cm³/mol. The van der Waals surface area contributed by atoms with Crippen molar-refractivity contribution in [2.45, 2.75) is 43.4 Å². The summed E-state index contributed by atoms with van der Waals surface area (Å²) in [5.41, 5.74) is 2.31. The molecule has 1 amide bonds. The predicted octanol–water partition coefficient (Wildman–Crippen LogP) is 3.40. The number of anilines is 1. The number of sulfonamides is 1. The SMILES string of the molecule is O=C(CCc1ccc(S(=O)(=O)N2CCCCCC2)cc1)Nc1ccccc1-n1ccnn1. The van der Waals surface area contributed by atoms with Gasteiger partial charge in [0.25, 0.3) is 0 Å². The summed E-state index contributed by atoms with van der Waals surface area (Å²) in [4.78, 5) is 12.8. The molecule has 1 fully saturated rings. The van der Waals surface area contributed by atoms with Crippen LogP contribution in [0.3, 0.4) is 0 Å². The van der Waals surface area contributed by atoms with Gasteiger partial charge in [-0.1, -0.05) is 42.3 Å². The molecule has 0 radical (unpaired) electrons. The molecule has 1 aromatic heterocycles. The molecule has 0 saturated carbocycles. The van der Waals surface area contributed by atoms with Gasteiger partial charge in [-0.2, -0.15) is 4.31 Å². The Balaban J connectivity index is 1.36. The first kappa shape index (κ1) is 22.2. The quantitative estimate of drug-likeness (QED) is 0.591. The van der Waals surface area contributed by atoms with Crippen molar-refractivity contribution in [1.82, 2.24) is 19.3 Å². The summed E-state index contributed by atoms with van der Waals surface area (Å²) >= 11 is 0. The first-order valence-corrected chi connectivity index (χ1v) is 12.3. The highest BCUT2D eigenvalue weighted by Crippen LogP contribution is 2.22. The summed E-state index contributed by atoms with van der Waals surface area (Å²) in [7, 11) is -3.46. The van der Waals surface area contributed by atoms with E-state index in [1.807, 2.05) is 24.3 Å². The zero-order valence-corrected chi connectivity index (χ0v) is 18.7. The van der Waals surface area contributed by atoms with Crippen LogP contribution in [0.1, 0.15) is 37.7 Å². The van der Waals surface area contributed by atoms with E-state index in [4.69, 9.17) is 0 Å². The van der Waals surface area contributed by atoms with E-state index in [-0.39, 0.29) is 12.3 Å². The van der Waals surface area contributed by atoms with Crippen molar-refractivity contribution in [2.24, 2.45) is 0 Å². The lowest BCUT2D eigenvalue weighted by molar-refractivity contribution is -0.116. The molecule has 0 atom stereocenters. The summed E-state index contributed by atoms with van der Waals surface area (Å²) < 4.78 is 29.0. The minimum atomic E-state index is -3.46. The van der Waals surface area contributed by atoms with Crippen LogP contribution < -0.4 is 5.32 Å². The second-order valence-corrected chi connectivity index (χ2v) is 9.81. The Bertz CT molecular complexity index is 1140. The molecule has 2 aromatic carbocycles. The third-order valence-electron chi connectivity index (χ3n) is 5.61. The average Bonchev–Trinajstić information content (AvgIpc) is 3.19. The molecule has 168 valence electrons. The molecule has 32 heavy (non-hydrogen) atoms. The number of aryl methyl sites for hydroxylation is 1. The second kappa shape index (κ2) is 10.1. The van der Waals surface area contributed by atoms with Gasteiger partial charge in [0.2, 0.25) is 15.9 Å². The molecule has 0 aliphatic carbocycles. The van der Waals surface area contributed by atoms with Crippen LogP contribution in [0.25, 0.3) is 5.69 Å². The van der Waals surface area contributed by atoms with Crippen LogP contribution in [-0.2, 0) is 21.2 Å². The molecule has 8 nitrogen and oxygen atoms in total. The lowest BCUT2D eigenvalue weighted by atomic mass is 10.1. The first-order chi connectivity index (χ1) is 15.5.